The Morgan fingerprint density at radius 1 is 1.15 bits per heavy atom. The lowest BCUT2D eigenvalue weighted by molar-refractivity contribution is 0.00578. The Balaban J connectivity index is 2.19. The van der Waals surface area contributed by atoms with Crippen molar-refractivity contribution in [2.45, 2.75) is 71.0 Å². The maximum Gasteiger partial charge on any atom is 0.467 e. The molecule has 2 aliphatic rings. The number of hydrogen-bond acceptors (Lipinski definition) is 6. The minimum absolute atomic E-state index is 0.196. The van der Waals surface area contributed by atoms with Gasteiger partial charge in [-0.15, -0.1) is 0 Å². The summed E-state index contributed by atoms with van der Waals surface area (Å²) in [6.07, 6.45) is 3.08. The molecule has 2 atom stereocenters. The number of ether oxygens (including phenoxy) is 2. The van der Waals surface area contributed by atoms with E-state index in [1.54, 1.807) is 13.8 Å². The first-order chi connectivity index (χ1) is 12.1. The lowest BCUT2D eigenvalue weighted by atomic mass is 9.69. The fraction of sp³-hybridized carbons (Fsp3) is 0.765. The highest BCUT2D eigenvalue weighted by molar-refractivity contribution is 6.48. The lowest BCUT2D eigenvalue weighted by Gasteiger charge is -2.32. The molecule has 1 heterocycles. The van der Waals surface area contributed by atoms with E-state index in [9.17, 15) is 9.59 Å². The van der Waals surface area contributed by atoms with E-state index >= 15 is 0 Å². The van der Waals surface area contributed by atoms with Gasteiger partial charge in [-0.2, -0.15) is 0 Å². The highest BCUT2D eigenvalue weighted by Crippen LogP contribution is 2.43. The summed E-state index contributed by atoms with van der Waals surface area (Å²) >= 11 is 0. The van der Waals surface area contributed by atoms with E-state index in [1.165, 1.54) is 5.01 Å². The third-order valence-electron chi connectivity index (χ3n) is 5.05. The van der Waals surface area contributed by atoms with Crippen molar-refractivity contribution >= 4 is 19.3 Å². The van der Waals surface area contributed by atoms with Gasteiger partial charge >= 0.3 is 19.3 Å². The Morgan fingerprint density at radius 3 is 2.27 bits per heavy atom. The van der Waals surface area contributed by atoms with Crippen molar-refractivity contribution in [3.05, 3.63) is 12.2 Å². The minimum atomic E-state index is -0.708. The van der Waals surface area contributed by atoms with E-state index in [0.717, 1.165) is 0 Å². The number of nitrogens with zero attached hydrogens (tertiary/aromatic N) is 1. The van der Waals surface area contributed by atoms with Gasteiger partial charge in [0.15, 0.2) is 0 Å². The topological polar surface area (TPSA) is 86.3 Å². The number of hydrazine groups is 1. The average molecular weight is 368 g/mol. The summed E-state index contributed by atoms with van der Waals surface area (Å²) in [4.78, 5) is 24.3. The SMILES string of the molecule is CCOC(=O)NN(C(=O)OCC)C1CC=C[C@@H]1B1OC(C)(C)C(C)(C)O1. The molecule has 1 N–H and O–H groups in total. The van der Waals surface area contributed by atoms with Crippen LogP contribution >= 0.6 is 0 Å². The van der Waals surface area contributed by atoms with Crippen molar-refractivity contribution in [1.82, 2.24) is 10.4 Å². The molecule has 0 aromatic rings. The van der Waals surface area contributed by atoms with E-state index in [0.29, 0.717) is 6.42 Å². The van der Waals surface area contributed by atoms with Gasteiger partial charge in [-0.1, -0.05) is 12.2 Å². The van der Waals surface area contributed by atoms with Crippen LogP contribution in [0.15, 0.2) is 12.2 Å². The Morgan fingerprint density at radius 2 is 1.73 bits per heavy atom. The summed E-state index contributed by atoms with van der Waals surface area (Å²) in [5.74, 6) is -0.248. The molecule has 0 aromatic carbocycles. The number of nitrogens with one attached hydrogen (secondary N) is 1. The van der Waals surface area contributed by atoms with Crippen molar-refractivity contribution in [3.63, 3.8) is 0 Å². The van der Waals surface area contributed by atoms with Crippen molar-refractivity contribution in [3.8, 4) is 0 Å². The van der Waals surface area contributed by atoms with E-state index in [2.05, 4.69) is 5.43 Å². The Bertz CT molecular complexity index is 549. The Kier molecular flexibility index (Phi) is 6.23. The maximum atomic E-state index is 12.4. The number of amides is 2. The molecule has 8 nitrogen and oxygen atoms in total. The first-order valence-corrected chi connectivity index (χ1v) is 9.04. The highest BCUT2D eigenvalue weighted by atomic mass is 16.7. The molecule has 1 fully saturated rings. The third-order valence-corrected chi connectivity index (χ3v) is 5.05. The zero-order chi connectivity index (χ0) is 19.5. The smallest absolute Gasteiger partial charge is 0.449 e. The molecule has 0 saturated carbocycles. The Hall–Kier alpha value is -1.74. The molecule has 26 heavy (non-hydrogen) atoms. The first kappa shape index (κ1) is 20.6. The van der Waals surface area contributed by atoms with Gasteiger partial charge in [0.25, 0.3) is 0 Å². The molecular weight excluding hydrogens is 339 g/mol. The number of hydrogen-bond donors (Lipinski definition) is 1. The first-order valence-electron chi connectivity index (χ1n) is 9.04. The Labute approximate surface area is 155 Å². The number of carbonyl (C=O) groups is 2. The summed E-state index contributed by atoms with van der Waals surface area (Å²) in [5, 5.41) is 1.18. The normalized spacial score (nSPS) is 25.8. The molecule has 9 heteroatoms. The van der Waals surface area contributed by atoms with Crippen molar-refractivity contribution < 1.29 is 28.4 Å². The zero-order valence-corrected chi connectivity index (χ0v) is 16.4. The van der Waals surface area contributed by atoms with Crippen LogP contribution in [-0.2, 0) is 18.8 Å². The van der Waals surface area contributed by atoms with Crippen LogP contribution < -0.4 is 5.43 Å². The summed E-state index contributed by atoms with van der Waals surface area (Å²) in [5.41, 5.74) is 1.52. The predicted molar refractivity (Wildman–Crippen MR) is 96.4 cm³/mol. The van der Waals surface area contributed by atoms with Gasteiger partial charge in [-0.05, 0) is 48.0 Å². The van der Waals surface area contributed by atoms with Gasteiger partial charge in [0.1, 0.15) is 0 Å². The highest BCUT2D eigenvalue weighted by Gasteiger charge is 2.56. The van der Waals surface area contributed by atoms with E-state index in [-0.39, 0.29) is 19.0 Å². The van der Waals surface area contributed by atoms with Crippen LogP contribution in [0.3, 0.4) is 0 Å². The molecule has 2 amide bonds. The molecular formula is C17H29BN2O6. The van der Waals surface area contributed by atoms with Crippen LogP contribution in [0, 0.1) is 0 Å². The largest absolute Gasteiger partial charge is 0.467 e. The van der Waals surface area contributed by atoms with Gasteiger partial charge in [0.05, 0.1) is 30.5 Å². The molecule has 0 radical (unpaired) electrons. The molecule has 1 aliphatic heterocycles. The van der Waals surface area contributed by atoms with E-state index in [4.69, 9.17) is 18.8 Å². The van der Waals surface area contributed by atoms with Crippen LogP contribution in [0.1, 0.15) is 48.0 Å². The van der Waals surface area contributed by atoms with Crippen LogP contribution in [0.4, 0.5) is 9.59 Å². The third kappa shape index (κ3) is 4.15. The van der Waals surface area contributed by atoms with Crippen LogP contribution in [0.2, 0.25) is 5.82 Å². The molecule has 0 bridgehead atoms. The van der Waals surface area contributed by atoms with Gasteiger partial charge in [-0.3, -0.25) is 0 Å². The lowest BCUT2D eigenvalue weighted by Crippen LogP contribution is -2.54. The summed E-state index contributed by atoms with van der Waals surface area (Å²) in [6, 6.07) is -0.395. The van der Waals surface area contributed by atoms with Gasteiger partial charge < -0.3 is 18.8 Å². The van der Waals surface area contributed by atoms with E-state index < -0.39 is 36.5 Å². The quantitative estimate of drug-likeness (QED) is 0.467. The standard InChI is InChI=1S/C17H29BN2O6/c1-7-23-14(21)19-20(15(22)24-8-2)13-11-9-10-12(13)18-25-16(3,4)17(5,6)26-18/h9-10,12-13H,7-8,11H2,1-6H3,(H,19,21)/t12-,13?/m0/s1. The molecule has 1 aliphatic carbocycles. The maximum absolute atomic E-state index is 12.4. The summed E-state index contributed by atoms with van der Waals surface area (Å²) in [7, 11) is -0.537. The molecule has 2 rings (SSSR count). The summed E-state index contributed by atoms with van der Waals surface area (Å²) in [6.45, 7) is 11.7. The predicted octanol–water partition coefficient (Wildman–Crippen LogP) is 2.90. The van der Waals surface area contributed by atoms with Crippen molar-refractivity contribution in [2.24, 2.45) is 0 Å². The van der Waals surface area contributed by atoms with Crippen LogP contribution in [0.25, 0.3) is 0 Å². The average Bonchev–Trinajstić information content (AvgIpc) is 3.08. The van der Waals surface area contributed by atoms with Crippen LogP contribution in [-0.4, -0.2) is 54.8 Å². The van der Waals surface area contributed by atoms with E-state index in [1.807, 2.05) is 39.8 Å². The molecule has 1 saturated heterocycles. The van der Waals surface area contributed by atoms with Gasteiger partial charge in [0, 0.05) is 5.82 Å². The molecule has 0 spiro atoms. The van der Waals surface area contributed by atoms with Gasteiger partial charge in [-0.25, -0.2) is 20.0 Å². The molecule has 1 unspecified atom stereocenters. The van der Waals surface area contributed by atoms with Crippen molar-refractivity contribution in [1.29, 1.82) is 0 Å². The number of carbonyl (C=O) groups excluding carboxylic acids is 2. The second-order valence-electron chi connectivity index (χ2n) is 7.33. The fourth-order valence-electron chi connectivity index (χ4n) is 2.97. The monoisotopic (exact) mass is 368 g/mol. The molecule has 146 valence electrons. The second-order valence-corrected chi connectivity index (χ2v) is 7.33. The second kappa shape index (κ2) is 7.88. The minimum Gasteiger partial charge on any atom is -0.449 e. The zero-order valence-electron chi connectivity index (χ0n) is 16.4. The molecule has 0 aromatic heterocycles. The number of rotatable bonds is 4. The van der Waals surface area contributed by atoms with Gasteiger partial charge in [0.2, 0.25) is 0 Å². The summed E-state index contributed by atoms with van der Waals surface area (Å²) < 4.78 is 22.2. The fourth-order valence-corrected chi connectivity index (χ4v) is 2.97. The van der Waals surface area contributed by atoms with Crippen molar-refractivity contribution in [2.75, 3.05) is 13.2 Å². The van der Waals surface area contributed by atoms with Crippen LogP contribution in [0.5, 0.6) is 0 Å².